The molecule has 0 saturated carbocycles. The van der Waals surface area contributed by atoms with Crippen LogP contribution >= 0.6 is 23.2 Å². The maximum absolute atomic E-state index is 12.6. The van der Waals surface area contributed by atoms with E-state index in [4.69, 9.17) is 23.2 Å². The molecule has 1 amide bonds. The van der Waals surface area contributed by atoms with Gasteiger partial charge in [-0.25, -0.2) is 4.79 Å². The average Bonchev–Trinajstić information content (AvgIpc) is 2.38. The maximum atomic E-state index is 12.6. The third-order valence-electron chi connectivity index (χ3n) is 3.76. The normalized spacial score (nSPS) is 22.6. The first-order chi connectivity index (χ1) is 9.36. The molecule has 0 bridgehead atoms. The Labute approximate surface area is 127 Å². The summed E-state index contributed by atoms with van der Waals surface area (Å²) in [5.41, 5.74) is -0.899. The van der Waals surface area contributed by atoms with Crippen molar-refractivity contribution in [3.63, 3.8) is 0 Å². The van der Waals surface area contributed by atoms with Crippen LogP contribution in [-0.2, 0) is 4.79 Å². The highest BCUT2D eigenvalue weighted by Crippen LogP contribution is 2.31. The highest BCUT2D eigenvalue weighted by atomic mass is 35.5. The number of carboxylic acid groups (broad SMARTS) is 1. The van der Waals surface area contributed by atoms with Gasteiger partial charge in [0.05, 0.1) is 10.6 Å². The number of hydrogen-bond donors (Lipinski definition) is 1. The van der Waals surface area contributed by atoms with E-state index in [9.17, 15) is 14.7 Å². The van der Waals surface area contributed by atoms with Gasteiger partial charge in [0.25, 0.3) is 5.91 Å². The maximum Gasteiger partial charge on any atom is 0.329 e. The van der Waals surface area contributed by atoms with Crippen LogP contribution in [0.1, 0.15) is 36.5 Å². The molecule has 108 valence electrons. The van der Waals surface area contributed by atoms with Crippen LogP contribution in [0.25, 0.3) is 0 Å². The van der Waals surface area contributed by atoms with E-state index in [1.807, 2.05) is 0 Å². The minimum Gasteiger partial charge on any atom is -0.480 e. The Hall–Kier alpha value is -1.26. The molecule has 6 heteroatoms. The molecule has 2 rings (SSSR count). The number of nitrogens with zero attached hydrogens (tertiary/aromatic N) is 1. The molecule has 1 fully saturated rings. The molecule has 1 heterocycles. The summed E-state index contributed by atoms with van der Waals surface area (Å²) in [6, 6.07) is 4.59. The Kier molecular flexibility index (Phi) is 4.25. The van der Waals surface area contributed by atoms with Gasteiger partial charge in [0.1, 0.15) is 5.54 Å². The summed E-state index contributed by atoms with van der Waals surface area (Å²) in [6.07, 6.45) is 2.03. The largest absolute Gasteiger partial charge is 0.480 e. The smallest absolute Gasteiger partial charge is 0.329 e. The van der Waals surface area contributed by atoms with E-state index in [-0.39, 0.29) is 16.5 Å². The third kappa shape index (κ3) is 2.63. The topological polar surface area (TPSA) is 57.6 Å². The predicted octanol–water partition coefficient (Wildman–Crippen LogP) is 3.46. The van der Waals surface area contributed by atoms with Crippen molar-refractivity contribution in [2.75, 3.05) is 6.54 Å². The monoisotopic (exact) mass is 315 g/mol. The molecule has 1 saturated heterocycles. The number of piperidine rings is 1. The van der Waals surface area contributed by atoms with Crippen LogP contribution in [0.2, 0.25) is 10.0 Å². The second-order valence-electron chi connectivity index (χ2n) is 5.12. The summed E-state index contributed by atoms with van der Waals surface area (Å²) in [7, 11) is 0. The molecule has 1 aromatic carbocycles. The molecule has 20 heavy (non-hydrogen) atoms. The van der Waals surface area contributed by atoms with E-state index in [0.717, 1.165) is 12.8 Å². The highest BCUT2D eigenvalue weighted by molar-refractivity contribution is 6.36. The standard InChI is InChI=1S/C14H15Cl2NO3/c1-14(13(19)20)6-2-3-7-17(14)12(18)10-5-4-9(15)8-11(10)16/h4-5,8H,2-3,6-7H2,1H3,(H,19,20). The zero-order valence-corrected chi connectivity index (χ0v) is 12.5. The van der Waals surface area contributed by atoms with Gasteiger partial charge in [0, 0.05) is 11.6 Å². The van der Waals surface area contributed by atoms with E-state index in [1.165, 1.54) is 17.0 Å². The van der Waals surface area contributed by atoms with Gasteiger partial charge in [-0.15, -0.1) is 0 Å². The third-order valence-corrected chi connectivity index (χ3v) is 4.31. The fourth-order valence-electron chi connectivity index (χ4n) is 2.48. The van der Waals surface area contributed by atoms with Gasteiger partial charge in [-0.2, -0.15) is 0 Å². The van der Waals surface area contributed by atoms with Crippen LogP contribution in [0.15, 0.2) is 18.2 Å². The number of hydrogen-bond acceptors (Lipinski definition) is 2. The molecule has 0 spiro atoms. The number of carbonyl (C=O) groups is 2. The van der Waals surface area contributed by atoms with Gasteiger partial charge in [0.15, 0.2) is 0 Å². The molecule has 4 nitrogen and oxygen atoms in total. The lowest BCUT2D eigenvalue weighted by Gasteiger charge is -2.41. The summed E-state index contributed by atoms with van der Waals surface area (Å²) >= 11 is 11.8. The molecule has 1 unspecified atom stereocenters. The molecule has 1 aliphatic rings. The van der Waals surface area contributed by atoms with Crippen LogP contribution in [0, 0.1) is 0 Å². The average molecular weight is 316 g/mol. The Balaban J connectivity index is 2.37. The molecule has 0 aliphatic carbocycles. The van der Waals surface area contributed by atoms with E-state index in [2.05, 4.69) is 0 Å². The van der Waals surface area contributed by atoms with Crippen molar-refractivity contribution < 1.29 is 14.7 Å². The van der Waals surface area contributed by atoms with Crippen LogP contribution in [0.3, 0.4) is 0 Å². The van der Waals surface area contributed by atoms with Gasteiger partial charge in [-0.05, 0) is 44.4 Å². The molecular formula is C14H15Cl2NO3. The number of carboxylic acids is 1. The SMILES string of the molecule is CC1(C(=O)O)CCCCN1C(=O)c1ccc(Cl)cc1Cl. The van der Waals surface area contributed by atoms with Crippen molar-refractivity contribution in [3.8, 4) is 0 Å². The predicted molar refractivity (Wildman–Crippen MR) is 77.4 cm³/mol. The van der Waals surface area contributed by atoms with Gasteiger partial charge >= 0.3 is 5.97 Å². The van der Waals surface area contributed by atoms with Crippen molar-refractivity contribution in [1.82, 2.24) is 4.90 Å². The van der Waals surface area contributed by atoms with Crippen molar-refractivity contribution in [2.45, 2.75) is 31.7 Å². The number of aliphatic carboxylic acids is 1. The molecule has 1 aromatic rings. The van der Waals surface area contributed by atoms with E-state index >= 15 is 0 Å². The number of rotatable bonds is 2. The summed E-state index contributed by atoms with van der Waals surface area (Å²) in [5, 5.41) is 10.1. The zero-order valence-electron chi connectivity index (χ0n) is 11.0. The number of halogens is 2. The summed E-state index contributed by atoms with van der Waals surface area (Å²) in [5.74, 6) is -1.35. The Morgan fingerprint density at radius 1 is 1.30 bits per heavy atom. The zero-order chi connectivity index (χ0) is 14.9. The summed E-state index contributed by atoms with van der Waals surface area (Å²) in [4.78, 5) is 25.5. The summed E-state index contributed by atoms with van der Waals surface area (Å²) < 4.78 is 0. The molecular weight excluding hydrogens is 301 g/mol. The number of carbonyl (C=O) groups excluding carboxylic acids is 1. The Morgan fingerprint density at radius 2 is 2.00 bits per heavy atom. The molecule has 1 N–H and O–H groups in total. The fraction of sp³-hybridized carbons (Fsp3) is 0.429. The van der Waals surface area contributed by atoms with Crippen LogP contribution in [-0.4, -0.2) is 34.0 Å². The second kappa shape index (κ2) is 5.62. The first-order valence-corrected chi connectivity index (χ1v) is 7.12. The van der Waals surface area contributed by atoms with Gasteiger partial charge in [-0.3, -0.25) is 4.79 Å². The van der Waals surface area contributed by atoms with Gasteiger partial charge in [-0.1, -0.05) is 23.2 Å². The second-order valence-corrected chi connectivity index (χ2v) is 5.96. The summed E-state index contributed by atoms with van der Waals surface area (Å²) in [6.45, 7) is 2.00. The van der Waals surface area contributed by atoms with E-state index < -0.39 is 11.5 Å². The van der Waals surface area contributed by atoms with Crippen molar-refractivity contribution in [1.29, 1.82) is 0 Å². The Bertz CT molecular complexity index is 561. The lowest BCUT2D eigenvalue weighted by Crippen LogP contribution is -2.57. The minimum atomic E-state index is -1.18. The number of likely N-dealkylation sites (tertiary alicyclic amines) is 1. The van der Waals surface area contributed by atoms with Gasteiger partial charge in [0.2, 0.25) is 0 Å². The first-order valence-electron chi connectivity index (χ1n) is 6.36. The van der Waals surface area contributed by atoms with Crippen molar-refractivity contribution in [2.24, 2.45) is 0 Å². The number of amides is 1. The van der Waals surface area contributed by atoms with Crippen LogP contribution < -0.4 is 0 Å². The minimum absolute atomic E-state index is 0.237. The molecule has 1 aliphatic heterocycles. The first kappa shape index (κ1) is 15.1. The van der Waals surface area contributed by atoms with E-state index in [0.29, 0.717) is 18.0 Å². The van der Waals surface area contributed by atoms with Crippen molar-refractivity contribution in [3.05, 3.63) is 33.8 Å². The lowest BCUT2D eigenvalue weighted by molar-refractivity contribution is -0.150. The lowest BCUT2D eigenvalue weighted by atomic mass is 9.88. The molecule has 0 aromatic heterocycles. The fourth-order valence-corrected chi connectivity index (χ4v) is 2.97. The molecule has 0 radical (unpaired) electrons. The highest BCUT2D eigenvalue weighted by Gasteiger charge is 2.44. The van der Waals surface area contributed by atoms with Crippen LogP contribution in [0.5, 0.6) is 0 Å². The quantitative estimate of drug-likeness (QED) is 0.909. The Morgan fingerprint density at radius 3 is 2.60 bits per heavy atom. The number of benzene rings is 1. The van der Waals surface area contributed by atoms with Crippen LogP contribution in [0.4, 0.5) is 0 Å². The van der Waals surface area contributed by atoms with Crippen molar-refractivity contribution >= 4 is 35.1 Å². The molecule has 1 atom stereocenters. The van der Waals surface area contributed by atoms with Gasteiger partial charge < -0.3 is 10.0 Å². The van der Waals surface area contributed by atoms with E-state index in [1.54, 1.807) is 13.0 Å².